The van der Waals surface area contributed by atoms with Gasteiger partial charge in [0.1, 0.15) is 23.7 Å². The number of carboxylic acid groups (broad SMARTS) is 2. The van der Waals surface area contributed by atoms with Crippen molar-refractivity contribution in [1.29, 1.82) is 0 Å². The van der Waals surface area contributed by atoms with Gasteiger partial charge in [-0.25, -0.2) is 9.48 Å². The Morgan fingerprint density at radius 3 is 2.81 bits per heavy atom. The maximum Gasteiger partial charge on any atom is 0.327 e. The van der Waals surface area contributed by atoms with Crippen LogP contribution in [0.25, 0.3) is 6.08 Å². The van der Waals surface area contributed by atoms with Crippen molar-refractivity contribution in [2.24, 2.45) is 0 Å². The predicted molar refractivity (Wildman–Crippen MR) is 90.3 cm³/mol. The van der Waals surface area contributed by atoms with Crippen LogP contribution < -0.4 is 0 Å². The number of carbonyl (C=O) groups is 4. The van der Waals surface area contributed by atoms with Crippen molar-refractivity contribution >= 4 is 41.7 Å². The van der Waals surface area contributed by atoms with Gasteiger partial charge in [0.25, 0.3) is 5.91 Å². The number of aromatic nitrogens is 3. The molecule has 0 radical (unpaired) electrons. The summed E-state index contributed by atoms with van der Waals surface area (Å²) in [5.74, 6) is -2.66. The van der Waals surface area contributed by atoms with E-state index in [0.29, 0.717) is 17.0 Å². The van der Waals surface area contributed by atoms with Crippen LogP contribution in [0, 0.1) is 0 Å². The molecule has 2 N–H and O–H groups in total. The summed E-state index contributed by atoms with van der Waals surface area (Å²) < 4.78 is 6.33. The lowest BCUT2D eigenvalue weighted by Gasteiger charge is -2.38. The third kappa shape index (κ3) is 4.10. The maximum atomic E-state index is 12.2. The Bertz CT molecular complexity index is 821. The molecule has 2 saturated heterocycles. The van der Waals surface area contributed by atoms with E-state index in [0.717, 1.165) is 0 Å². The standard InChI is InChI=1S/C15H16N4O7S/c20-11(21)1-2-12(22)26-4-3-18-6-8(16-17-18)5-9-13(23)19-10(15(24)25)7-27-14(9)19/h5-6,10,14H,1-4,7H2,(H,20,21)(H,24,25)/b9-5-/t10?,14-/m1/s1. The number of esters is 1. The molecule has 0 saturated carbocycles. The van der Waals surface area contributed by atoms with Crippen LogP contribution in [0.5, 0.6) is 0 Å². The molecule has 0 aliphatic carbocycles. The number of rotatable bonds is 8. The average Bonchev–Trinajstić information content (AvgIpc) is 3.22. The molecule has 1 aromatic rings. The number of carbonyl (C=O) groups excluding carboxylic acids is 2. The highest BCUT2D eigenvalue weighted by molar-refractivity contribution is 8.00. The molecule has 11 nitrogen and oxygen atoms in total. The number of thioether (sulfide) groups is 1. The Morgan fingerprint density at radius 2 is 2.11 bits per heavy atom. The van der Waals surface area contributed by atoms with Crippen molar-refractivity contribution in [2.75, 3.05) is 12.4 Å². The molecule has 27 heavy (non-hydrogen) atoms. The fraction of sp³-hybridized carbons (Fsp3) is 0.467. The SMILES string of the molecule is O=C(O)CCC(=O)OCCn1cc(/C=C2/C(=O)N3C(C(=O)O)CS[C@H]23)nn1. The number of carboxylic acids is 2. The summed E-state index contributed by atoms with van der Waals surface area (Å²) >= 11 is 1.39. The maximum absolute atomic E-state index is 12.2. The molecule has 1 aromatic heterocycles. The minimum atomic E-state index is -1.07. The Hall–Kier alpha value is -2.89. The van der Waals surface area contributed by atoms with Gasteiger partial charge in [0.05, 0.1) is 31.2 Å². The molecule has 2 fully saturated rings. The molecule has 1 amide bonds. The van der Waals surface area contributed by atoms with Crippen molar-refractivity contribution < 1.29 is 34.1 Å². The third-order valence-electron chi connectivity index (χ3n) is 4.02. The van der Waals surface area contributed by atoms with Crippen LogP contribution in [-0.4, -0.2) is 77.7 Å². The molecule has 2 aliphatic rings. The number of fused-ring (bicyclic) bond motifs is 1. The van der Waals surface area contributed by atoms with Crippen LogP contribution in [-0.2, 0) is 30.5 Å². The summed E-state index contributed by atoms with van der Waals surface area (Å²) in [7, 11) is 0. The summed E-state index contributed by atoms with van der Waals surface area (Å²) in [6.45, 7) is 0.248. The molecular weight excluding hydrogens is 380 g/mol. The van der Waals surface area contributed by atoms with E-state index in [4.69, 9.17) is 14.9 Å². The summed E-state index contributed by atoms with van der Waals surface area (Å²) in [6.07, 6.45) is 2.66. The second-order valence-corrected chi connectivity index (χ2v) is 6.99. The summed E-state index contributed by atoms with van der Waals surface area (Å²) in [5.41, 5.74) is 0.922. The normalized spacial score (nSPS) is 22.4. The quantitative estimate of drug-likeness (QED) is 0.332. The van der Waals surface area contributed by atoms with Crippen LogP contribution >= 0.6 is 11.8 Å². The first-order chi connectivity index (χ1) is 12.9. The first kappa shape index (κ1) is 18.9. The molecule has 3 rings (SSSR count). The van der Waals surface area contributed by atoms with E-state index in [1.165, 1.54) is 21.3 Å². The molecule has 2 atom stereocenters. The van der Waals surface area contributed by atoms with Crippen LogP contribution in [0.15, 0.2) is 11.8 Å². The Labute approximate surface area is 157 Å². The fourth-order valence-corrected chi connectivity index (χ4v) is 4.11. The highest BCUT2D eigenvalue weighted by Gasteiger charge is 2.53. The monoisotopic (exact) mass is 396 g/mol. The van der Waals surface area contributed by atoms with Crippen LogP contribution in [0.3, 0.4) is 0 Å². The van der Waals surface area contributed by atoms with Gasteiger partial charge in [-0.05, 0) is 6.08 Å². The Balaban J connectivity index is 1.51. The van der Waals surface area contributed by atoms with Crippen molar-refractivity contribution in [1.82, 2.24) is 19.9 Å². The van der Waals surface area contributed by atoms with E-state index in [-0.39, 0.29) is 37.3 Å². The molecular formula is C15H16N4O7S. The molecule has 3 heterocycles. The highest BCUT2D eigenvalue weighted by Crippen LogP contribution is 2.43. The van der Waals surface area contributed by atoms with Crippen molar-refractivity contribution in [3.63, 3.8) is 0 Å². The van der Waals surface area contributed by atoms with Crippen molar-refractivity contribution in [3.8, 4) is 0 Å². The zero-order valence-corrected chi connectivity index (χ0v) is 14.8. The fourth-order valence-electron chi connectivity index (χ4n) is 2.69. The van der Waals surface area contributed by atoms with E-state index < -0.39 is 23.9 Å². The van der Waals surface area contributed by atoms with Crippen LogP contribution in [0.2, 0.25) is 0 Å². The predicted octanol–water partition coefficient (Wildman–Crippen LogP) is -0.562. The molecule has 12 heteroatoms. The second-order valence-electron chi connectivity index (χ2n) is 5.87. The zero-order valence-electron chi connectivity index (χ0n) is 14.0. The minimum absolute atomic E-state index is 0.0172. The van der Waals surface area contributed by atoms with Gasteiger partial charge in [-0.15, -0.1) is 16.9 Å². The molecule has 0 aromatic carbocycles. The molecule has 1 unspecified atom stereocenters. The summed E-state index contributed by atoms with van der Waals surface area (Å²) in [4.78, 5) is 46.3. The summed E-state index contributed by atoms with van der Waals surface area (Å²) in [5, 5.41) is 25.1. The topological polar surface area (TPSA) is 152 Å². The van der Waals surface area contributed by atoms with Gasteiger partial charge in [-0.3, -0.25) is 14.4 Å². The number of aliphatic carboxylic acids is 2. The number of hydrogen-bond acceptors (Lipinski definition) is 8. The van der Waals surface area contributed by atoms with Gasteiger partial charge < -0.3 is 19.8 Å². The van der Waals surface area contributed by atoms with Crippen LogP contribution in [0.1, 0.15) is 18.5 Å². The van der Waals surface area contributed by atoms with Crippen LogP contribution in [0.4, 0.5) is 0 Å². The lowest BCUT2D eigenvalue weighted by molar-refractivity contribution is -0.150. The van der Waals surface area contributed by atoms with Gasteiger partial charge in [0.2, 0.25) is 0 Å². The van der Waals surface area contributed by atoms with E-state index in [1.54, 1.807) is 12.3 Å². The Kier molecular flexibility index (Phi) is 5.44. The van der Waals surface area contributed by atoms with E-state index in [1.807, 2.05) is 0 Å². The molecule has 144 valence electrons. The van der Waals surface area contributed by atoms with Gasteiger partial charge >= 0.3 is 17.9 Å². The lowest BCUT2D eigenvalue weighted by Crippen LogP contribution is -2.56. The van der Waals surface area contributed by atoms with Gasteiger partial charge in [-0.2, -0.15) is 0 Å². The Morgan fingerprint density at radius 1 is 1.33 bits per heavy atom. The van der Waals surface area contributed by atoms with E-state index >= 15 is 0 Å². The first-order valence-corrected chi connectivity index (χ1v) is 9.08. The average molecular weight is 396 g/mol. The number of β-lactam (4-membered cyclic amide) rings is 1. The third-order valence-corrected chi connectivity index (χ3v) is 5.32. The molecule has 2 aliphatic heterocycles. The molecule has 0 bridgehead atoms. The van der Waals surface area contributed by atoms with E-state index in [9.17, 15) is 19.2 Å². The molecule has 0 spiro atoms. The number of amides is 1. The highest BCUT2D eigenvalue weighted by atomic mass is 32.2. The smallest absolute Gasteiger partial charge is 0.327 e. The number of hydrogen-bond donors (Lipinski definition) is 2. The van der Waals surface area contributed by atoms with Gasteiger partial charge in [-0.1, -0.05) is 5.21 Å². The van der Waals surface area contributed by atoms with Crippen molar-refractivity contribution in [3.05, 3.63) is 17.5 Å². The summed E-state index contributed by atoms with van der Waals surface area (Å²) in [6, 6.07) is -0.795. The zero-order chi connectivity index (χ0) is 19.6. The minimum Gasteiger partial charge on any atom is -0.481 e. The largest absolute Gasteiger partial charge is 0.481 e. The number of nitrogens with zero attached hydrogens (tertiary/aromatic N) is 4. The van der Waals surface area contributed by atoms with Gasteiger partial charge in [0.15, 0.2) is 0 Å². The second kappa shape index (κ2) is 7.78. The lowest BCUT2D eigenvalue weighted by atomic mass is 10.0. The van der Waals surface area contributed by atoms with Crippen molar-refractivity contribution in [2.45, 2.75) is 30.8 Å². The van der Waals surface area contributed by atoms with E-state index in [2.05, 4.69) is 10.3 Å². The van der Waals surface area contributed by atoms with Gasteiger partial charge in [0, 0.05) is 5.75 Å². The first-order valence-electron chi connectivity index (χ1n) is 8.03. The number of ether oxygens (including phenoxy) is 1.